The van der Waals surface area contributed by atoms with Crippen molar-refractivity contribution in [2.45, 2.75) is 12.8 Å². The minimum atomic E-state index is -0.663. The molecule has 2 nitrogen and oxygen atoms in total. The van der Waals surface area contributed by atoms with Crippen molar-refractivity contribution in [3.8, 4) is 0 Å². The molecule has 1 aliphatic rings. The Morgan fingerprint density at radius 1 is 1.33 bits per heavy atom. The molecule has 1 heterocycles. The highest BCUT2D eigenvalue weighted by molar-refractivity contribution is 9.09. The van der Waals surface area contributed by atoms with E-state index in [0.717, 1.165) is 36.4 Å². The number of nitrogens with zero attached hydrogens (tertiary/aromatic N) is 1. The highest BCUT2D eigenvalue weighted by Crippen LogP contribution is 2.21. The number of benzene rings is 1. The smallest absolute Gasteiger partial charge is 0.256 e. The van der Waals surface area contributed by atoms with Crippen molar-refractivity contribution in [2.75, 3.05) is 18.4 Å². The van der Waals surface area contributed by atoms with Gasteiger partial charge in [0.15, 0.2) is 0 Å². The van der Waals surface area contributed by atoms with Crippen LogP contribution < -0.4 is 0 Å². The zero-order chi connectivity index (χ0) is 13.1. The van der Waals surface area contributed by atoms with Gasteiger partial charge < -0.3 is 4.90 Å². The van der Waals surface area contributed by atoms with Crippen molar-refractivity contribution in [1.29, 1.82) is 0 Å². The third-order valence-electron chi connectivity index (χ3n) is 3.28. The molecule has 2 rings (SSSR count). The topological polar surface area (TPSA) is 20.3 Å². The highest BCUT2D eigenvalue weighted by Gasteiger charge is 2.24. The lowest BCUT2D eigenvalue weighted by Gasteiger charge is -2.31. The van der Waals surface area contributed by atoms with E-state index >= 15 is 0 Å². The van der Waals surface area contributed by atoms with Crippen LogP contribution in [0.15, 0.2) is 18.2 Å². The van der Waals surface area contributed by atoms with Crippen LogP contribution in [0.4, 0.5) is 8.78 Å². The average molecular weight is 318 g/mol. The summed E-state index contributed by atoms with van der Waals surface area (Å²) in [6.07, 6.45) is 1.79. The first-order valence-electron chi connectivity index (χ1n) is 5.92. The summed E-state index contributed by atoms with van der Waals surface area (Å²) in [5.41, 5.74) is -0.174. The maximum absolute atomic E-state index is 13.5. The second-order valence-electron chi connectivity index (χ2n) is 4.51. The summed E-state index contributed by atoms with van der Waals surface area (Å²) < 4.78 is 26.5. The molecule has 0 spiro atoms. The van der Waals surface area contributed by atoms with Gasteiger partial charge in [-0.1, -0.05) is 15.9 Å². The summed E-state index contributed by atoms with van der Waals surface area (Å²) in [7, 11) is 0. The quantitative estimate of drug-likeness (QED) is 0.767. The molecular weight excluding hydrogens is 304 g/mol. The number of hydrogen-bond acceptors (Lipinski definition) is 1. The fourth-order valence-electron chi connectivity index (χ4n) is 2.12. The molecule has 5 heteroatoms. The SMILES string of the molecule is O=C(c1cc(F)ccc1F)N1CCC(CBr)CC1. The van der Waals surface area contributed by atoms with Crippen LogP contribution in [-0.4, -0.2) is 29.2 Å². The molecule has 0 radical (unpaired) electrons. The average Bonchev–Trinajstić information content (AvgIpc) is 2.41. The summed E-state index contributed by atoms with van der Waals surface area (Å²) in [5, 5.41) is 0.920. The van der Waals surface area contributed by atoms with E-state index in [-0.39, 0.29) is 5.56 Å². The molecule has 0 N–H and O–H groups in total. The number of rotatable bonds is 2. The Morgan fingerprint density at radius 2 is 2.00 bits per heavy atom. The van der Waals surface area contributed by atoms with Gasteiger partial charge in [-0.15, -0.1) is 0 Å². The molecule has 0 atom stereocenters. The van der Waals surface area contributed by atoms with Gasteiger partial charge >= 0.3 is 0 Å². The zero-order valence-corrected chi connectivity index (χ0v) is 11.4. The minimum Gasteiger partial charge on any atom is -0.339 e. The monoisotopic (exact) mass is 317 g/mol. The van der Waals surface area contributed by atoms with Crippen molar-refractivity contribution in [2.24, 2.45) is 5.92 Å². The first-order valence-corrected chi connectivity index (χ1v) is 7.04. The third-order valence-corrected chi connectivity index (χ3v) is 4.19. The molecule has 0 aromatic heterocycles. The summed E-state index contributed by atoms with van der Waals surface area (Å²) in [5.74, 6) is -1.11. The largest absolute Gasteiger partial charge is 0.339 e. The minimum absolute atomic E-state index is 0.174. The second kappa shape index (κ2) is 5.78. The number of hydrogen-bond donors (Lipinski definition) is 0. The number of carbonyl (C=O) groups excluding carboxylic acids is 1. The van der Waals surface area contributed by atoms with E-state index in [1.54, 1.807) is 4.90 Å². The lowest BCUT2D eigenvalue weighted by atomic mass is 9.98. The van der Waals surface area contributed by atoms with Crippen molar-refractivity contribution in [1.82, 2.24) is 4.90 Å². The predicted octanol–water partition coefficient (Wildman–Crippen LogP) is 3.21. The molecule has 0 saturated carbocycles. The van der Waals surface area contributed by atoms with Gasteiger partial charge in [-0.25, -0.2) is 8.78 Å². The van der Waals surface area contributed by atoms with Crippen LogP contribution >= 0.6 is 15.9 Å². The summed E-state index contributed by atoms with van der Waals surface area (Å²) in [4.78, 5) is 13.7. The second-order valence-corrected chi connectivity index (χ2v) is 5.16. The van der Waals surface area contributed by atoms with Crippen LogP contribution in [0, 0.1) is 17.6 Å². The molecule has 1 aliphatic heterocycles. The van der Waals surface area contributed by atoms with Crippen LogP contribution in [0.5, 0.6) is 0 Å². The lowest BCUT2D eigenvalue weighted by Crippen LogP contribution is -2.39. The van der Waals surface area contributed by atoms with Crippen molar-refractivity contribution in [3.05, 3.63) is 35.4 Å². The highest BCUT2D eigenvalue weighted by atomic mass is 79.9. The van der Waals surface area contributed by atoms with Crippen LogP contribution in [0.3, 0.4) is 0 Å². The maximum atomic E-state index is 13.5. The van der Waals surface area contributed by atoms with E-state index < -0.39 is 17.5 Å². The Morgan fingerprint density at radius 3 is 2.61 bits per heavy atom. The normalized spacial score (nSPS) is 16.9. The van der Waals surface area contributed by atoms with Gasteiger partial charge in [0.25, 0.3) is 5.91 Å². The lowest BCUT2D eigenvalue weighted by molar-refractivity contribution is 0.0693. The maximum Gasteiger partial charge on any atom is 0.256 e. The van der Waals surface area contributed by atoms with E-state index in [1.807, 2.05) is 0 Å². The standard InChI is InChI=1S/C13H14BrF2NO/c14-8-9-3-5-17(6-4-9)13(18)11-7-10(15)1-2-12(11)16/h1-2,7,9H,3-6,8H2. The molecule has 18 heavy (non-hydrogen) atoms. The fourth-order valence-corrected chi connectivity index (χ4v) is 2.77. The zero-order valence-electron chi connectivity index (χ0n) is 9.83. The number of amides is 1. The summed E-state index contributed by atoms with van der Waals surface area (Å²) >= 11 is 3.42. The molecule has 0 unspecified atom stereocenters. The molecule has 1 fully saturated rings. The fraction of sp³-hybridized carbons (Fsp3) is 0.462. The van der Waals surface area contributed by atoms with Gasteiger partial charge in [0.1, 0.15) is 11.6 Å². The van der Waals surface area contributed by atoms with E-state index in [2.05, 4.69) is 15.9 Å². The van der Waals surface area contributed by atoms with E-state index in [9.17, 15) is 13.6 Å². The Balaban J connectivity index is 2.10. The predicted molar refractivity (Wildman–Crippen MR) is 68.8 cm³/mol. The molecule has 0 aliphatic carbocycles. The molecule has 1 saturated heterocycles. The number of alkyl halides is 1. The molecule has 98 valence electrons. The molecule has 1 amide bonds. The Hall–Kier alpha value is -0.970. The van der Waals surface area contributed by atoms with E-state index in [0.29, 0.717) is 19.0 Å². The molecule has 1 aromatic rings. The molecule has 0 bridgehead atoms. The number of halogens is 3. The number of piperidine rings is 1. The van der Waals surface area contributed by atoms with Gasteiger partial charge in [0.05, 0.1) is 5.56 Å². The van der Waals surface area contributed by atoms with Crippen molar-refractivity contribution >= 4 is 21.8 Å². The summed E-state index contributed by atoms with van der Waals surface area (Å²) in [6, 6.07) is 2.98. The Bertz CT molecular complexity index is 445. The summed E-state index contributed by atoms with van der Waals surface area (Å²) in [6.45, 7) is 1.20. The van der Waals surface area contributed by atoms with Crippen LogP contribution in [0.2, 0.25) is 0 Å². The Labute approximate surface area is 113 Å². The number of carbonyl (C=O) groups is 1. The first kappa shape index (κ1) is 13.5. The number of likely N-dealkylation sites (tertiary alicyclic amines) is 1. The van der Waals surface area contributed by atoms with E-state index in [1.165, 1.54) is 0 Å². The molecular formula is C13H14BrF2NO. The van der Waals surface area contributed by atoms with Crippen LogP contribution in [0.25, 0.3) is 0 Å². The van der Waals surface area contributed by atoms with Gasteiger partial charge in [0, 0.05) is 18.4 Å². The Kier molecular flexibility index (Phi) is 4.32. The van der Waals surface area contributed by atoms with Gasteiger partial charge in [-0.3, -0.25) is 4.79 Å². The van der Waals surface area contributed by atoms with Gasteiger partial charge in [-0.2, -0.15) is 0 Å². The third kappa shape index (κ3) is 2.88. The van der Waals surface area contributed by atoms with Gasteiger partial charge in [-0.05, 0) is 37.0 Å². The molecule has 1 aromatic carbocycles. The van der Waals surface area contributed by atoms with E-state index in [4.69, 9.17) is 0 Å². The van der Waals surface area contributed by atoms with Crippen molar-refractivity contribution in [3.63, 3.8) is 0 Å². The van der Waals surface area contributed by atoms with Crippen LogP contribution in [-0.2, 0) is 0 Å². The van der Waals surface area contributed by atoms with Gasteiger partial charge in [0.2, 0.25) is 0 Å². The van der Waals surface area contributed by atoms with Crippen LogP contribution in [0.1, 0.15) is 23.2 Å². The van der Waals surface area contributed by atoms with Crippen molar-refractivity contribution < 1.29 is 13.6 Å². The first-order chi connectivity index (χ1) is 8.61.